The molecule has 0 saturated carbocycles. The molecule has 0 aliphatic carbocycles. The number of nitrogens with zero attached hydrogens (tertiary/aromatic N) is 3. The summed E-state index contributed by atoms with van der Waals surface area (Å²) in [5.74, 6) is 0.360. The monoisotopic (exact) mass is 759 g/mol. The third-order valence-corrected chi connectivity index (χ3v) is 9.30. The Morgan fingerprint density at radius 1 is 1.20 bits per heavy atom. The van der Waals surface area contributed by atoms with Crippen LogP contribution in [0.1, 0.15) is 42.1 Å². The number of carbonyl (C=O) groups is 1. The van der Waals surface area contributed by atoms with E-state index >= 15 is 0 Å². The Labute approximate surface area is 280 Å². The number of halogens is 2. The van der Waals surface area contributed by atoms with E-state index in [1.807, 2.05) is 24.3 Å². The molecule has 0 bridgehead atoms. The number of methoxy groups -OCH3 is 1. The van der Waals surface area contributed by atoms with Gasteiger partial charge in [-0.2, -0.15) is 0 Å². The van der Waals surface area contributed by atoms with E-state index in [0.29, 0.717) is 48.2 Å². The molecule has 45 heavy (non-hydrogen) atoms. The van der Waals surface area contributed by atoms with Crippen LogP contribution >= 0.6 is 45.5 Å². The topological polar surface area (TPSA) is 122 Å². The van der Waals surface area contributed by atoms with Gasteiger partial charge in [-0.15, -0.1) is 0 Å². The highest BCUT2D eigenvalue weighted by Crippen LogP contribution is 2.36. The van der Waals surface area contributed by atoms with Gasteiger partial charge in [0.2, 0.25) is 0 Å². The zero-order valence-corrected chi connectivity index (χ0v) is 28.4. The highest BCUT2D eigenvalue weighted by atomic mass is 127. The Hall–Kier alpha value is -4.01. The molecule has 0 N–H and O–H groups in total. The average Bonchev–Trinajstić information content (AvgIpc) is 3.30. The van der Waals surface area contributed by atoms with E-state index in [0.717, 1.165) is 20.5 Å². The number of fused-ring (bicyclic) bond motifs is 1. The second kappa shape index (κ2) is 13.5. The van der Waals surface area contributed by atoms with Gasteiger partial charge >= 0.3 is 5.97 Å². The molecule has 1 aliphatic rings. The van der Waals surface area contributed by atoms with Gasteiger partial charge in [0.25, 0.3) is 11.2 Å². The largest absolute Gasteiger partial charge is 0.493 e. The third-order valence-electron chi connectivity index (χ3n) is 7.14. The Kier molecular flexibility index (Phi) is 9.75. The number of aromatic nitrogens is 1. The first-order chi connectivity index (χ1) is 21.5. The van der Waals surface area contributed by atoms with Crippen LogP contribution in [-0.4, -0.2) is 29.2 Å². The fraction of sp³-hybridized carbons (Fsp3) is 0.219. The predicted molar refractivity (Wildman–Crippen MR) is 180 cm³/mol. The Balaban J connectivity index is 1.61. The summed E-state index contributed by atoms with van der Waals surface area (Å²) in [6, 6.07) is 14.7. The normalized spacial score (nSPS) is 14.5. The van der Waals surface area contributed by atoms with Crippen molar-refractivity contribution in [2.24, 2.45) is 4.99 Å². The number of nitro benzene ring substituents is 1. The zero-order valence-electron chi connectivity index (χ0n) is 24.6. The van der Waals surface area contributed by atoms with Crippen LogP contribution in [0, 0.1) is 20.6 Å². The molecular weight excluding hydrogens is 733 g/mol. The Bertz CT molecular complexity index is 2050. The van der Waals surface area contributed by atoms with Crippen LogP contribution in [0.5, 0.6) is 11.5 Å². The minimum Gasteiger partial charge on any atom is -0.493 e. The van der Waals surface area contributed by atoms with Gasteiger partial charge < -0.3 is 14.2 Å². The molecule has 13 heteroatoms. The van der Waals surface area contributed by atoms with Gasteiger partial charge in [-0.1, -0.05) is 53.3 Å². The number of rotatable bonds is 9. The molecule has 232 valence electrons. The first kappa shape index (κ1) is 32.4. The maximum Gasteiger partial charge on any atom is 0.338 e. The van der Waals surface area contributed by atoms with Crippen LogP contribution in [0.2, 0.25) is 5.02 Å². The molecule has 10 nitrogen and oxygen atoms in total. The summed E-state index contributed by atoms with van der Waals surface area (Å²) < 4.78 is 19.5. The van der Waals surface area contributed by atoms with E-state index < -0.39 is 22.5 Å². The summed E-state index contributed by atoms with van der Waals surface area (Å²) in [7, 11) is 1.53. The first-order valence-corrected chi connectivity index (χ1v) is 16.0. The number of allylic oxidation sites excluding steroid dienone is 1. The van der Waals surface area contributed by atoms with Crippen LogP contribution in [-0.2, 0) is 16.1 Å². The smallest absolute Gasteiger partial charge is 0.338 e. The molecule has 1 atom stereocenters. The molecule has 0 fully saturated rings. The lowest BCUT2D eigenvalue weighted by Gasteiger charge is -2.24. The fourth-order valence-electron chi connectivity index (χ4n) is 4.98. The number of hydrogen-bond donors (Lipinski definition) is 0. The molecule has 5 rings (SSSR count). The number of carbonyl (C=O) groups excluding carboxylic acids is 1. The third kappa shape index (κ3) is 6.53. The number of benzene rings is 3. The standard InChI is InChI=1S/C32H27ClIN3O7S/c1-5-43-31(39)27-18(3)35-32-36(28(27)20-11-10-17(2)24(15-20)37(40)41)30(38)26(45-32)14-19-12-23(34)29(25(13-19)42-4)44-16-21-8-6-7-9-22(21)33/h6-15,28H,5,16H2,1-4H3/b26-14+/t28-/m0/s1. The van der Waals surface area contributed by atoms with Gasteiger partial charge in [-0.25, -0.2) is 9.79 Å². The van der Waals surface area contributed by atoms with Crippen molar-refractivity contribution in [1.29, 1.82) is 0 Å². The summed E-state index contributed by atoms with van der Waals surface area (Å²) >= 11 is 9.59. The van der Waals surface area contributed by atoms with Crippen LogP contribution in [0.15, 0.2) is 75.7 Å². The van der Waals surface area contributed by atoms with Gasteiger partial charge in [0, 0.05) is 22.2 Å². The van der Waals surface area contributed by atoms with Crippen molar-refractivity contribution in [2.45, 2.75) is 33.4 Å². The minimum atomic E-state index is -0.975. The molecule has 4 aromatic rings. The fourth-order valence-corrected chi connectivity index (χ4v) is 7.00. The quantitative estimate of drug-likeness (QED) is 0.0908. The summed E-state index contributed by atoms with van der Waals surface area (Å²) in [6.45, 7) is 5.32. The second-order valence-corrected chi connectivity index (χ2v) is 12.6. The number of hydrogen-bond acceptors (Lipinski definition) is 9. The van der Waals surface area contributed by atoms with Crippen molar-refractivity contribution in [3.63, 3.8) is 0 Å². The number of esters is 1. The molecule has 0 amide bonds. The maximum atomic E-state index is 14.0. The molecule has 0 saturated heterocycles. The van der Waals surface area contributed by atoms with E-state index in [2.05, 4.69) is 27.6 Å². The maximum absolute atomic E-state index is 14.0. The predicted octanol–water partition coefficient (Wildman–Crippen LogP) is 5.86. The van der Waals surface area contributed by atoms with E-state index in [9.17, 15) is 19.7 Å². The van der Waals surface area contributed by atoms with Crippen molar-refractivity contribution < 1.29 is 23.9 Å². The lowest BCUT2D eigenvalue weighted by atomic mass is 9.94. The van der Waals surface area contributed by atoms with Crippen molar-refractivity contribution in [3.05, 3.63) is 127 Å². The minimum absolute atomic E-state index is 0.110. The van der Waals surface area contributed by atoms with Crippen LogP contribution < -0.4 is 24.4 Å². The number of aryl methyl sites for hydroxylation is 1. The van der Waals surface area contributed by atoms with E-state index in [1.54, 1.807) is 51.1 Å². The van der Waals surface area contributed by atoms with Crippen molar-refractivity contribution in [1.82, 2.24) is 4.57 Å². The molecule has 3 aromatic carbocycles. The van der Waals surface area contributed by atoms with Crippen molar-refractivity contribution in [3.8, 4) is 11.5 Å². The van der Waals surface area contributed by atoms with E-state index in [1.165, 1.54) is 17.7 Å². The molecule has 0 unspecified atom stereocenters. The van der Waals surface area contributed by atoms with Crippen LogP contribution in [0.3, 0.4) is 0 Å². The molecular formula is C32H27ClIN3O7S. The van der Waals surface area contributed by atoms with Gasteiger partial charge in [0.05, 0.1) is 44.1 Å². The number of nitro groups is 1. The molecule has 0 spiro atoms. The molecule has 2 heterocycles. The lowest BCUT2D eigenvalue weighted by molar-refractivity contribution is -0.385. The number of thiazole rings is 1. The SMILES string of the molecule is CCOC(=O)C1=C(C)N=c2s/c(=C/c3cc(I)c(OCc4ccccc4Cl)c(OC)c3)c(=O)n2[C@H]1c1ccc(C)c([N+](=O)[O-])c1. The van der Waals surface area contributed by atoms with Gasteiger partial charge in [0.1, 0.15) is 6.61 Å². The molecule has 0 radical (unpaired) electrons. The Morgan fingerprint density at radius 3 is 2.64 bits per heavy atom. The Morgan fingerprint density at radius 2 is 1.96 bits per heavy atom. The highest BCUT2D eigenvalue weighted by Gasteiger charge is 2.34. The van der Waals surface area contributed by atoms with Crippen LogP contribution in [0.25, 0.3) is 6.08 Å². The van der Waals surface area contributed by atoms with Crippen LogP contribution in [0.4, 0.5) is 5.69 Å². The summed E-state index contributed by atoms with van der Waals surface area (Å²) in [4.78, 5) is 43.4. The first-order valence-electron chi connectivity index (χ1n) is 13.7. The molecule has 1 aromatic heterocycles. The zero-order chi connectivity index (χ0) is 32.4. The van der Waals surface area contributed by atoms with Gasteiger partial charge in [-0.05, 0) is 78.8 Å². The second-order valence-electron chi connectivity index (χ2n) is 10.0. The average molecular weight is 760 g/mol. The number of ether oxygens (including phenoxy) is 3. The van der Waals surface area contributed by atoms with Gasteiger partial charge in [-0.3, -0.25) is 19.5 Å². The lowest BCUT2D eigenvalue weighted by Crippen LogP contribution is -2.40. The summed E-state index contributed by atoms with van der Waals surface area (Å²) in [5, 5.41) is 12.4. The highest BCUT2D eigenvalue weighted by molar-refractivity contribution is 14.1. The van der Waals surface area contributed by atoms with Crippen molar-refractivity contribution in [2.75, 3.05) is 13.7 Å². The van der Waals surface area contributed by atoms with E-state index in [4.69, 9.17) is 25.8 Å². The summed E-state index contributed by atoms with van der Waals surface area (Å²) in [6.07, 6.45) is 1.71. The van der Waals surface area contributed by atoms with Gasteiger partial charge in [0.15, 0.2) is 16.3 Å². The van der Waals surface area contributed by atoms with Crippen molar-refractivity contribution >= 4 is 63.3 Å². The molecule has 1 aliphatic heterocycles. The summed E-state index contributed by atoms with van der Waals surface area (Å²) in [5.41, 5.74) is 2.34. The van der Waals surface area contributed by atoms with E-state index in [-0.39, 0.29) is 24.5 Å².